The number of aryl methyl sites for hydroxylation is 1. The lowest BCUT2D eigenvalue weighted by molar-refractivity contribution is 0.646. The summed E-state index contributed by atoms with van der Waals surface area (Å²) in [6.07, 6.45) is 0. The van der Waals surface area contributed by atoms with E-state index in [0.29, 0.717) is 0 Å². The zero-order valence-electron chi connectivity index (χ0n) is 9.21. The van der Waals surface area contributed by atoms with Crippen LogP contribution in [0.15, 0.2) is 34.1 Å². The summed E-state index contributed by atoms with van der Waals surface area (Å²) >= 11 is 11.2. The van der Waals surface area contributed by atoms with Gasteiger partial charge in [-0.1, -0.05) is 23.7 Å². The minimum Gasteiger partial charge on any atom is -0.271 e. The molecule has 2 nitrogen and oxygen atoms in total. The predicted molar refractivity (Wildman–Crippen MR) is 77.4 cm³/mol. The minimum atomic E-state index is -0.0237. The van der Waals surface area contributed by atoms with E-state index in [2.05, 4.69) is 27.4 Å². The average molecular weight is 332 g/mol. The monoisotopic (exact) mass is 330 g/mol. The molecule has 2 aromatic rings. The number of thiophene rings is 1. The van der Waals surface area contributed by atoms with Gasteiger partial charge in [-0.25, -0.2) is 5.43 Å². The van der Waals surface area contributed by atoms with Crippen molar-refractivity contribution in [2.45, 2.75) is 13.0 Å². The quantitative estimate of drug-likeness (QED) is 0.658. The van der Waals surface area contributed by atoms with Crippen molar-refractivity contribution in [3.8, 4) is 0 Å². The largest absolute Gasteiger partial charge is 0.271 e. The van der Waals surface area contributed by atoms with E-state index < -0.39 is 0 Å². The van der Waals surface area contributed by atoms with Gasteiger partial charge in [0.2, 0.25) is 0 Å². The van der Waals surface area contributed by atoms with Crippen molar-refractivity contribution in [3.05, 3.63) is 55.1 Å². The zero-order chi connectivity index (χ0) is 12.4. The molecule has 1 unspecified atom stereocenters. The van der Waals surface area contributed by atoms with Crippen LogP contribution in [0.25, 0.3) is 0 Å². The van der Waals surface area contributed by atoms with Gasteiger partial charge in [-0.05, 0) is 46.1 Å². The van der Waals surface area contributed by atoms with E-state index in [9.17, 15) is 0 Å². The summed E-state index contributed by atoms with van der Waals surface area (Å²) in [6, 6.07) is 8.03. The number of benzene rings is 1. The lowest BCUT2D eigenvalue weighted by Crippen LogP contribution is -2.28. The van der Waals surface area contributed by atoms with E-state index in [1.807, 2.05) is 30.5 Å². The normalized spacial score (nSPS) is 12.7. The first-order chi connectivity index (χ1) is 8.11. The molecule has 5 heteroatoms. The molecule has 0 amide bonds. The molecule has 0 saturated carbocycles. The molecule has 0 saturated heterocycles. The zero-order valence-corrected chi connectivity index (χ0v) is 12.4. The van der Waals surface area contributed by atoms with E-state index >= 15 is 0 Å². The summed E-state index contributed by atoms with van der Waals surface area (Å²) in [5.74, 6) is 5.63. The van der Waals surface area contributed by atoms with Crippen molar-refractivity contribution >= 4 is 38.9 Å². The van der Waals surface area contributed by atoms with Gasteiger partial charge in [-0.2, -0.15) is 0 Å². The maximum absolute atomic E-state index is 6.13. The molecule has 0 fully saturated rings. The van der Waals surface area contributed by atoms with E-state index in [-0.39, 0.29) is 6.04 Å². The van der Waals surface area contributed by atoms with Crippen molar-refractivity contribution in [1.82, 2.24) is 5.43 Å². The number of rotatable bonds is 3. The summed E-state index contributed by atoms with van der Waals surface area (Å²) in [7, 11) is 0. The molecule has 90 valence electrons. The van der Waals surface area contributed by atoms with E-state index in [1.54, 1.807) is 11.3 Å². The highest BCUT2D eigenvalue weighted by Crippen LogP contribution is 2.31. The van der Waals surface area contributed by atoms with Gasteiger partial charge in [0, 0.05) is 19.8 Å². The fraction of sp³-hybridized carbons (Fsp3) is 0.167. The number of nitrogens with two attached hydrogens (primary N) is 1. The topological polar surface area (TPSA) is 38.0 Å². The van der Waals surface area contributed by atoms with Crippen molar-refractivity contribution < 1.29 is 0 Å². The first kappa shape index (κ1) is 13.1. The number of hydrogen-bond acceptors (Lipinski definition) is 3. The molecule has 1 aromatic heterocycles. The lowest BCUT2D eigenvalue weighted by atomic mass is 10.0. The highest BCUT2D eigenvalue weighted by molar-refractivity contribution is 9.10. The Morgan fingerprint density at radius 1 is 1.41 bits per heavy atom. The van der Waals surface area contributed by atoms with Gasteiger partial charge in [0.25, 0.3) is 0 Å². The smallest absolute Gasteiger partial charge is 0.0803 e. The van der Waals surface area contributed by atoms with Crippen LogP contribution in [0.2, 0.25) is 5.02 Å². The van der Waals surface area contributed by atoms with Crippen molar-refractivity contribution in [2.24, 2.45) is 5.84 Å². The van der Waals surface area contributed by atoms with Crippen molar-refractivity contribution in [3.63, 3.8) is 0 Å². The Labute approximate surface area is 118 Å². The molecule has 1 atom stereocenters. The van der Waals surface area contributed by atoms with Crippen molar-refractivity contribution in [1.29, 1.82) is 0 Å². The Balaban J connectivity index is 2.38. The Morgan fingerprint density at radius 3 is 2.71 bits per heavy atom. The van der Waals surface area contributed by atoms with Crippen LogP contribution < -0.4 is 11.3 Å². The molecule has 1 aromatic carbocycles. The van der Waals surface area contributed by atoms with Gasteiger partial charge in [0.15, 0.2) is 0 Å². The van der Waals surface area contributed by atoms with Crippen LogP contribution in [0.1, 0.15) is 22.0 Å². The molecule has 0 spiro atoms. The van der Waals surface area contributed by atoms with Gasteiger partial charge >= 0.3 is 0 Å². The van der Waals surface area contributed by atoms with Crippen LogP contribution >= 0.6 is 38.9 Å². The second-order valence-corrected chi connectivity index (χ2v) is 6.04. The van der Waals surface area contributed by atoms with Crippen LogP contribution in [-0.4, -0.2) is 0 Å². The van der Waals surface area contributed by atoms with Gasteiger partial charge in [0.05, 0.1) is 6.04 Å². The molecular weight excluding hydrogens is 320 g/mol. The minimum absolute atomic E-state index is 0.0237. The van der Waals surface area contributed by atoms with Gasteiger partial charge in [-0.15, -0.1) is 11.3 Å². The molecule has 17 heavy (non-hydrogen) atoms. The van der Waals surface area contributed by atoms with Crippen molar-refractivity contribution in [2.75, 3.05) is 0 Å². The van der Waals surface area contributed by atoms with Crippen LogP contribution in [0.5, 0.6) is 0 Å². The molecule has 0 aliphatic carbocycles. The third-order valence-electron chi connectivity index (χ3n) is 2.57. The number of halogens is 2. The molecule has 2 rings (SSSR count). The maximum atomic E-state index is 6.13. The summed E-state index contributed by atoms with van der Waals surface area (Å²) in [5, 5.41) is 2.80. The van der Waals surface area contributed by atoms with E-state index in [4.69, 9.17) is 17.4 Å². The Morgan fingerprint density at radius 2 is 2.18 bits per heavy atom. The summed E-state index contributed by atoms with van der Waals surface area (Å²) in [5.41, 5.74) is 4.96. The first-order valence-electron chi connectivity index (χ1n) is 5.08. The Hall–Kier alpha value is -0.390. The van der Waals surface area contributed by atoms with Crippen LogP contribution in [0.4, 0.5) is 0 Å². The standard InChI is InChI=1S/C12H12BrClN2S/c1-7-2-3-8(4-10(7)14)12(16-15)11-5-9(13)6-17-11/h2-6,12,16H,15H2,1H3. The van der Waals surface area contributed by atoms with Crippen LogP contribution in [0.3, 0.4) is 0 Å². The fourth-order valence-electron chi connectivity index (χ4n) is 1.61. The SMILES string of the molecule is Cc1ccc(C(NN)c2cc(Br)cs2)cc1Cl. The Kier molecular flexibility index (Phi) is 4.22. The predicted octanol–water partition coefficient (Wildman–Crippen LogP) is 4.03. The van der Waals surface area contributed by atoms with E-state index in [1.165, 1.54) is 0 Å². The highest BCUT2D eigenvalue weighted by atomic mass is 79.9. The number of nitrogens with one attached hydrogen (secondary N) is 1. The molecule has 0 radical (unpaired) electrons. The fourth-order valence-corrected chi connectivity index (χ4v) is 3.33. The van der Waals surface area contributed by atoms with Crippen LogP contribution in [-0.2, 0) is 0 Å². The molecule has 1 heterocycles. The third-order valence-corrected chi connectivity index (χ3v) is 4.73. The number of hydrogen-bond donors (Lipinski definition) is 2. The Bertz CT molecular complexity index is 527. The molecular formula is C12H12BrClN2S. The molecule has 0 aliphatic rings. The van der Waals surface area contributed by atoms with Gasteiger partial charge < -0.3 is 0 Å². The number of hydrazine groups is 1. The van der Waals surface area contributed by atoms with E-state index in [0.717, 1.165) is 25.5 Å². The van der Waals surface area contributed by atoms with Crippen LogP contribution in [0, 0.1) is 6.92 Å². The highest BCUT2D eigenvalue weighted by Gasteiger charge is 2.15. The molecule has 3 N–H and O–H groups in total. The summed E-state index contributed by atoms with van der Waals surface area (Å²) in [4.78, 5) is 1.15. The average Bonchev–Trinajstić information content (AvgIpc) is 2.71. The third kappa shape index (κ3) is 2.89. The summed E-state index contributed by atoms with van der Waals surface area (Å²) < 4.78 is 1.07. The van der Waals surface area contributed by atoms with Gasteiger partial charge in [0.1, 0.15) is 0 Å². The lowest BCUT2D eigenvalue weighted by Gasteiger charge is -2.15. The molecule has 0 aliphatic heterocycles. The molecule has 0 bridgehead atoms. The summed E-state index contributed by atoms with van der Waals surface area (Å²) in [6.45, 7) is 1.98. The second-order valence-electron chi connectivity index (χ2n) is 3.78. The van der Waals surface area contributed by atoms with Gasteiger partial charge in [-0.3, -0.25) is 5.84 Å². The maximum Gasteiger partial charge on any atom is 0.0803 e. The second kappa shape index (κ2) is 5.50. The first-order valence-corrected chi connectivity index (χ1v) is 7.13.